The highest BCUT2D eigenvalue weighted by Gasteiger charge is 2.67. The number of nitriles is 1. The third kappa shape index (κ3) is 5.46. The fourth-order valence-corrected chi connectivity index (χ4v) is 4.77. The lowest BCUT2D eigenvalue weighted by Crippen LogP contribution is -2.52. The van der Waals surface area contributed by atoms with Gasteiger partial charge < -0.3 is 16.1 Å². The molecule has 0 unspecified atom stereocenters. The Morgan fingerprint density at radius 3 is 2.49 bits per heavy atom. The lowest BCUT2D eigenvalue weighted by molar-refractivity contribution is -0.195. The van der Waals surface area contributed by atoms with Crippen LogP contribution in [0.25, 0.3) is 10.9 Å². The molecule has 1 fully saturated rings. The maximum Gasteiger partial charge on any atom is 0.413 e. The Kier molecular flexibility index (Phi) is 6.96. The van der Waals surface area contributed by atoms with Crippen LogP contribution < -0.4 is 21.6 Å². The van der Waals surface area contributed by atoms with Gasteiger partial charge in [-0.3, -0.25) is 15.0 Å². The summed E-state index contributed by atoms with van der Waals surface area (Å²) >= 11 is 0. The van der Waals surface area contributed by atoms with E-state index in [0.29, 0.717) is 45.6 Å². The highest BCUT2D eigenvalue weighted by atomic mass is 19.4. The van der Waals surface area contributed by atoms with Gasteiger partial charge in [0.2, 0.25) is 0 Å². The maximum absolute atomic E-state index is 13.8. The van der Waals surface area contributed by atoms with E-state index in [0.717, 1.165) is 16.3 Å². The number of nitrogens with one attached hydrogen (secondary N) is 4. The van der Waals surface area contributed by atoms with Crippen molar-refractivity contribution in [2.45, 2.75) is 58.3 Å². The van der Waals surface area contributed by atoms with Crippen molar-refractivity contribution in [1.29, 1.82) is 5.26 Å². The Balaban J connectivity index is 1.58. The molecule has 1 aliphatic heterocycles. The second kappa shape index (κ2) is 10.2. The number of hydrazine groups is 2. The number of alkyl halides is 3. The van der Waals surface area contributed by atoms with Crippen LogP contribution in [0.4, 0.5) is 24.5 Å². The summed E-state index contributed by atoms with van der Waals surface area (Å²) < 4.78 is 41.5. The number of hydrogen-bond acceptors (Lipinski definition) is 8. The minimum atomic E-state index is -4.39. The quantitative estimate of drug-likeness (QED) is 0.275. The Morgan fingerprint density at radius 2 is 1.90 bits per heavy atom. The van der Waals surface area contributed by atoms with Gasteiger partial charge in [0, 0.05) is 41.9 Å². The molecule has 0 radical (unpaired) electrons. The summed E-state index contributed by atoms with van der Waals surface area (Å²) in [7, 11) is 0. The molecule has 1 saturated carbocycles. The maximum atomic E-state index is 13.8. The molecule has 212 valence electrons. The van der Waals surface area contributed by atoms with Gasteiger partial charge in [-0.2, -0.15) is 18.4 Å². The number of nitrogens with zero attached hydrogens (tertiary/aromatic N) is 4. The molecule has 0 saturated heterocycles. The van der Waals surface area contributed by atoms with Gasteiger partial charge in [0.05, 0.1) is 34.1 Å². The molecule has 1 atom stereocenters. The largest absolute Gasteiger partial charge is 0.413 e. The Hall–Kier alpha value is -4.48. The smallest absolute Gasteiger partial charge is 0.383 e. The topological polar surface area (TPSA) is 101 Å². The van der Waals surface area contributed by atoms with Crippen LogP contribution in [0.2, 0.25) is 0 Å². The molecule has 0 bridgehead atoms. The van der Waals surface area contributed by atoms with Gasteiger partial charge in [-0.1, -0.05) is 32.8 Å². The molecular formula is C30H31F3N8. The van der Waals surface area contributed by atoms with E-state index < -0.39 is 17.8 Å². The minimum absolute atomic E-state index is 0.00417. The molecule has 0 spiro atoms. The van der Waals surface area contributed by atoms with E-state index in [2.05, 4.69) is 64.3 Å². The normalized spacial score (nSPS) is 16.8. The molecular weight excluding hydrogens is 529 g/mol. The number of fused-ring (bicyclic) bond motifs is 1. The van der Waals surface area contributed by atoms with Crippen LogP contribution in [0.5, 0.6) is 0 Å². The van der Waals surface area contributed by atoms with Gasteiger partial charge in [0.15, 0.2) is 5.54 Å². The summed E-state index contributed by atoms with van der Waals surface area (Å²) in [5, 5.41) is 18.6. The van der Waals surface area contributed by atoms with Crippen LogP contribution in [-0.4, -0.2) is 33.2 Å². The molecule has 2 aromatic heterocycles. The average Bonchev–Trinajstić information content (AvgIpc) is 3.61. The zero-order chi connectivity index (χ0) is 29.6. The summed E-state index contributed by atoms with van der Waals surface area (Å²) in [5.41, 5.74) is 8.23. The summed E-state index contributed by atoms with van der Waals surface area (Å²) in [6.07, 6.45) is 6.11. The Bertz CT molecular complexity index is 1590. The highest BCUT2D eigenvalue weighted by Crippen LogP contribution is 2.53. The van der Waals surface area contributed by atoms with Crippen molar-refractivity contribution in [3.8, 4) is 18.4 Å². The second-order valence-corrected chi connectivity index (χ2v) is 11.7. The molecule has 8 nitrogen and oxygen atoms in total. The summed E-state index contributed by atoms with van der Waals surface area (Å²) in [6.45, 7) is 8.76. The molecule has 4 N–H and O–H groups in total. The first-order valence-electron chi connectivity index (χ1n) is 13.2. The van der Waals surface area contributed by atoms with E-state index in [9.17, 15) is 18.4 Å². The van der Waals surface area contributed by atoms with Crippen molar-refractivity contribution >= 4 is 22.3 Å². The number of halogens is 3. The number of rotatable bonds is 7. The molecule has 3 aromatic rings. The van der Waals surface area contributed by atoms with Gasteiger partial charge in [-0.15, -0.1) is 12.0 Å². The zero-order valence-electron chi connectivity index (χ0n) is 23.2. The average molecular weight is 561 g/mol. The van der Waals surface area contributed by atoms with Crippen LogP contribution in [0.1, 0.15) is 62.0 Å². The van der Waals surface area contributed by atoms with Crippen molar-refractivity contribution in [2.24, 2.45) is 5.41 Å². The molecule has 1 aliphatic carbocycles. The van der Waals surface area contributed by atoms with Gasteiger partial charge in [0.25, 0.3) is 0 Å². The van der Waals surface area contributed by atoms with Gasteiger partial charge >= 0.3 is 6.18 Å². The predicted octanol–water partition coefficient (Wildman–Crippen LogP) is 5.66. The van der Waals surface area contributed by atoms with Gasteiger partial charge in [-0.05, 0) is 48.9 Å². The monoisotopic (exact) mass is 560 g/mol. The number of anilines is 2. The Morgan fingerprint density at radius 1 is 1.15 bits per heavy atom. The first-order valence-corrected chi connectivity index (χ1v) is 13.2. The van der Waals surface area contributed by atoms with Crippen molar-refractivity contribution in [3.05, 3.63) is 70.9 Å². The van der Waals surface area contributed by atoms with E-state index in [1.54, 1.807) is 18.5 Å². The number of benzene rings is 1. The molecule has 3 heterocycles. The molecule has 2 aliphatic rings. The Labute approximate surface area is 237 Å². The number of terminal acetylenes is 1. The lowest BCUT2D eigenvalue weighted by atomic mass is 9.96. The number of pyridine rings is 2. The first kappa shape index (κ1) is 28.1. The second-order valence-electron chi connectivity index (χ2n) is 11.7. The van der Waals surface area contributed by atoms with Crippen molar-refractivity contribution in [2.75, 3.05) is 17.2 Å². The summed E-state index contributed by atoms with van der Waals surface area (Å²) in [4.78, 5) is 8.87. The van der Waals surface area contributed by atoms with E-state index in [1.807, 2.05) is 25.1 Å². The number of hydrogen-bond donors (Lipinski definition) is 4. The molecule has 1 aromatic carbocycles. The number of aromatic nitrogens is 2. The fraction of sp³-hybridized carbons (Fsp3) is 0.367. The van der Waals surface area contributed by atoms with Crippen molar-refractivity contribution < 1.29 is 13.2 Å². The zero-order valence-corrected chi connectivity index (χ0v) is 23.2. The van der Waals surface area contributed by atoms with Gasteiger partial charge in [-0.25, -0.2) is 0 Å². The van der Waals surface area contributed by atoms with Gasteiger partial charge in [0.1, 0.15) is 6.07 Å². The van der Waals surface area contributed by atoms with Crippen LogP contribution in [0.15, 0.2) is 48.6 Å². The van der Waals surface area contributed by atoms with Crippen molar-refractivity contribution in [1.82, 2.24) is 25.9 Å². The standard InChI is InChI=1S/C30H31F3N8/c1-6-19-14-36-26-21(13-34)11-22(12-23(26)25(19)37-17-28(3,4)5)38-27(20-8-7-18(2)35-15-20)24-16-41(40-39-24)29(9-10-29)30(31,32)33/h1,7-8,11-12,14-16,27,38-40H,9-10,17H2,2-5H3,(H,36,37)/t27-/m0/s1. The lowest BCUT2D eigenvalue weighted by Gasteiger charge is -2.28. The van der Waals surface area contributed by atoms with E-state index >= 15 is 0 Å². The van der Waals surface area contributed by atoms with Crippen molar-refractivity contribution in [3.63, 3.8) is 0 Å². The molecule has 11 heteroatoms. The molecule has 0 amide bonds. The highest BCUT2D eigenvalue weighted by molar-refractivity contribution is 5.99. The predicted molar refractivity (Wildman–Crippen MR) is 152 cm³/mol. The summed E-state index contributed by atoms with van der Waals surface area (Å²) in [6, 6.07) is 8.82. The van der Waals surface area contributed by atoms with E-state index in [4.69, 9.17) is 6.42 Å². The fourth-order valence-electron chi connectivity index (χ4n) is 4.77. The SMILES string of the molecule is C#Cc1cnc2c(C#N)cc(N[C@H](C3=CN(C4(C(F)(F)F)CC4)NN3)c3ccc(C)nc3)cc2c1NCC(C)(C)C. The van der Waals surface area contributed by atoms with E-state index in [-0.39, 0.29) is 18.3 Å². The van der Waals surface area contributed by atoms with Crippen LogP contribution in [0, 0.1) is 36.0 Å². The molecule has 5 rings (SSSR count). The molecule has 41 heavy (non-hydrogen) atoms. The van der Waals surface area contributed by atoms with E-state index in [1.165, 1.54) is 6.20 Å². The van der Waals surface area contributed by atoms with Crippen LogP contribution in [0.3, 0.4) is 0 Å². The third-order valence-corrected chi connectivity index (χ3v) is 7.23. The minimum Gasteiger partial charge on any atom is -0.383 e. The first-order chi connectivity index (χ1) is 19.3. The summed E-state index contributed by atoms with van der Waals surface area (Å²) in [5.74, 6) is 2.67. The third-order valence-electron chi connectivity index (χ3n) is 7.23. The van der Waals surface area contributed by atoms with Crippen LogP contribution in [-0.2, 0) is 0 Å². The number of aryl methyl sites for hydroxylation is 1. The van der Waals surface area contributed by atoms with Crippen LogP contribution >= 0.6 is 0 Å².